The third kappa shape index (κ3) is 1.84. The number of nitrogens with zero attached hydrogens (tertiary/aromatic N) is 4. The zero-order chi connectivity index (χ0) is 9.97. The summed E-state index contributed by atoms with van der Waals surface area (Å²) in [5.41, 5.74) is 1.91. The van der Waals surface area contributed by atoms with E-state index >= 15 is 0 Å². The van der Waals surface area contributed by atoms with E-state index in [1.54, 1.807) is 0 Å². The third-order valence-electron chi connectivity index (χ3n) is 2.72. The Balaban J connectivity index is 2.18. The average Bonchev–Trinajstić information content (AvgIpc) is 2.23. The molecule has 0 saturated carbocycles. The largest absolute Gasteiger partial charge is 0.340 e. The fourth-order valence-electron chi connectivity index (χ4n) is 1.67. The molecule has 0 amide bonds. The molecule has 1 aliphatic rings. The van der Waals surface area contributed by atoms with Crippen molar-refractivity contribution in [3.63, 3.8) is 0 Å². The van der Waals surface area contributed by atoms with Crippen molar-refractivity contribution in [2.75, 3.05) is 18.0 Å². The van der Waals surface area contributed by atoms with Crippen LogP contribution in [0.5, 0.6) is 0 Å². The van der Waals surface area contributed by atoms with Crippen LogP contribution in [0, 0.1) is 13.8 Å². The lowest BCUT2D eigenvalue weighted by Crippen LogP contribution is -2.31. The van der Waals surface area contributed by atoms with Crippen molar-refractivity contribution in [3.8, 4) is 0 Å². The van der Waals surface area contributed by atoms with Crippen molar-refractivity contribution >= 4 is 5.95 Å². The van der Waals surface area contributed by atoms with Crippen LogP contribution in [0.1, 0.15) is 30.7 Å². The third-order valence-corrected chi connectivity index (χ3v) is 2.72. The predicted molar refractivity (Wildman–Crippen MR) is 55.4 cm³/mol. The van der Waals surface area contributed by atoms with E-state index < -0.39 is 0 Å². The summed E-state index contributed by atoms with van der Waals surface area (Å²) in [4.78, 5) is 6.67. The summed E-state index contributed by atoms with van der Waals surface area (Å²) in [6.07, 6.45) is 3.82. The van der Waals surface area contributed by atoms with Gasteiger partial charge in [0.2, 0.25) is 5.95 Å². The molecule has 0 atom stereocenters. The molecule has 14 heavy (non-hydrogen) atoms. The molecule has 0 aromatic carbocycles. The minimum absolute atomic E-state index is 0.799. The summed E-state index contributed by atoms with van der Waals surface area (Å²) in [6.45, 7) is 6.07. The highest BCUT2D eigenvalue weighted by atomic mass is 15.3. The highest BCUT2D eigenvalue weighted by molar-refractivity contribution is 5.30. The fourth-order valence-corrected chi connectivity index (χ4v) is 1.67. The first-order valence-electron chi connectivity index (χ1n) is 5.20. The highest BCUT2D eigenvalue weighted by Crippen LogP contribution is 2.15. The van der Waals surface area contributed by atoms with Gasteiger partial charge in [-0.25, -0.2) is 4.98 Å². The van der Waals surface area contributed by atoms with Gasteiger partial charge in [0, 0.05) is 13.1 Å². The fraction of sp³-hybridized carbons (Fsp3) is 0.700. The van der Waals surface area contributed by atoms with E-state index in [2.05, 4.69) is 20.1 Å². The zero-order valence-electron chi connectivity index (χ0n) is 8.82. The molecule has 4 nitrogen and oxygen atoms in total. The molecule has 4 heteroatoms. The number of rotatable bonds is 1. The van der Waals surface area contributed by atoms with E-state index in [-0.39, 0.29) is 0 Å². The molecule has 0 N–H and O–H groups in total. The van der Waals surface area contributed by atoms with Crippen molar-refractivity contribution in [2.45, 2.75) is 33.1 Å². The van der Waals surface area contributed by atoms with Crippen molar-refractivity contribution < 1.29 is 0 Å². The van der Waals surface area contributed by atoms with Gasteiger partial charge in [-0.15, -0.1) is 5.10 Å². The molecule has 0 spiro atoms. The quantitative estimate of drug-likeness (QED) is 0.676. The van der Waals surface area contributed by atoms with E-state index in [1.807, 2.05) is 13.8 Å². The van der Waals surface area contributed by atoms with Crippen LogP contribution in [-0.4, -0.2) is 28.3 Å². The van der Waals surface area contributed by atoms with Gasteiger partial charge in [0.05, 0.1) is 11.4 Å². The van der Waals surface area contributed by atoms with E-state index in [4.69, 9.17) is 0 Å². The monoisotopic (exact) mass is 192 g/mol. The molecule has 1 fully saturated rings. The Labute approximate surface area is 84.4 Å². The van der Waals surface area contributed by atoms with Crippen LogP contribution in [0.3, 0.4) is 0 Å². The van der Waals surface area contributed by atoms with E-state index in [1.165, 1.54) is 19.3 Å². The molecule has 0 bridgehead atoms. The van der Waals surface area contributed by atoms with Crippen LogP contribution in [0.4, 0.5) is 5.95 Å². The van der Waals surface area contributed by atoms with E-state index in [0.717, 1.165) is 30.4 Å². The van der Waals surface area contributed by atoms with Gasteiger partial charge in [-0.2, -0.15) is 5.10 Å². The Kier molecular flexibility index (Phi) is 2.61. The number of piperidine rings is 1. The van der Waals surface area contributed by atoms with Crippen molar-refractivity contribution in [1.29, 1.82) is 0 Å². The molecule has 0 unspecified atom stereocenters. The molecule has 1 aromatic rings. The maximum absolute atomic E-state index is 4.45. The Hall–Kier alpha value is -1.19. The number of aryl methyl sites for hydroxylation is 2. The van der Waals surface area contributed by atoms with Crippen LogP contribution in [0.25, 0.3) is 0 Å². The number of aromatic nitrogens is 3. The normalized spacial score (nSPS) is 17.1. The second kappa shape index (κ2) is 3.90. The van der Waals surface area contributed by atoms with Gasteiger partial charge in [0.25, 0.3) is 0 Å². The van der Waals surface area contributed by atoms with Crippen molar-refractivity contribution in [2.24, 2.45) is 0 Å². The van der Waals surface area contributed by atoms with Crippen LogP contribution in [0.2, 0.25) is 0 Å². The molecule has 76 valence electrons. The maximum atomic E-state index is 4.45. The van der Waals surface area contributed by atoms with E-state index in [9.17, 15) is 0 Å². The maximum Gasteiger partial charge on any atom is 0.245 e. The first kappa shape index (κ1) is 9.37. The first-order valence-corrected chi connectivity index (χ1v) is 5.20. The lowest BCUT2D eigenvalue weighted by atomic mass is 10.1. The van der Waals surface area contributed by atoms with Crippen LogP contribution in [-0.2, 0) is 0 Å². The van der Waals surface area contributed by atoms with Crippen LogP contribution < -0.4 is 4.90 Å². The number of anilines is 1. The second-order valence-corrected chi connectivity index (χ2v) is 3.83. The average molecular weight is 192 g/mol. The number of hydrogen-bond acceptors (Lipinski definition) is 4. The Morgan fingerprint density at radius 1 is 0.929 bits per heavy atom. The van der Waals surface area contributed by atoms with Gasteiger partial charge in [0.15, 0.2) is 0 Å². The summed E-state index contributed by atoms with van der Waals surface area (Å²) >= 11 is 0. The molecule has 2 rings (SSSR count). The molecule has 0 aliphatic carbocycles. The van der Waals surface area contributed by atoms with Crippen LogP contribution >= 0.6 is 0 Å². The summed E-state index contributed by atoms with van der Waals surface area (Å²) < 4.78 is 0. The molecular weight excluding hydrogens is 176 g/mol. The lowest BCUT2D eigenvalue weighted by Gasteiger charge is -2.26. The lowest BCUT2D eigenvalue weighted by molar-refractivity contribution is 0.563. The predicted octanol–water partition coefficient (Wildman–Crippen LogP) is 1.48. The summed E-state index contributed by atoms with van der Waals surface area (Å²) in [5, 5.41) is 8.23. The molecule has 0 radical (unpaired) electrons. The minimum atomic E-state index is 0.799. The summed E-state index contributed by atoms with van der Waals surface area (Å²) in [6, 6.07) is 0. The van der Waals surface area contributed by atoms with Gasteiger partial charge in [-0.05, 0) is 33.1 Å². The Bertz CT molecular complexity index is 318. The second-order valence-electron chi connectivity index (χ2n) is 3.83. The topological polar surface area (TPSA) is 41.9 Å². The van der Waals surface area contributed by atoms with Crippen molar-refractivity contribution in [3.05, 3.63) is 11.4 Å². The minimum Gasteiger partial charge on any atom is -0.340 e. The summed E-state index contributed by atoms with van der Waals surface area (Å²) in [7, 11) is 0. The summed E-state index contributed by atoms with van der Waals surface area (Å²) in [5.74, 6) is 0.799. The smallest absolute Gasteiger partial charge is 0.245 e. The van der Waals surface area contributed by atoms with E-state index in [0.29, 0.717) is 0 Å². The molecule has 1 aromatic heterocycles. The van der Waals surface area contributed by atoms with Gasteiger partial charge in [-0.3, -0.25) is 0 Å². The van der Waals surface area contributed by atoms with Crippen molar-refractivity contribution in [1.82, 2.24) is 15.2 Å². The molecule has 2 heterocycles. The van der Waals surface area contributed by atoms with Gasteiger partial charge in [0.1, 0.15) is 0 Å². The van der Waals surface area contributed by atoms with Gasteiger partial charge in [-0.1, -0.05) is 0 Å². The van der Waals surface area contributed by atoms with Crippen LogP contribution in [0.15, 0.2) is 0 Å². The standard InChI is InChI=1S/C10H16N4/c1-8-9(2)12-13-10(11-8)14-6-4-3-5-7-14/h3-7H2,1-2H3. The Morgan fingerprint density at radius 2 is 1.64 bits per heavy atom. The SMILES string of the molecule is Cc1nnc(N2CCCCC2)nc1C. The molecular formula is C10H16N4. The molecule has 1 saturated heterocycles. The first-order chi connectivity index (χ1) is 6.77. The molecule has 1 aliphatic heterocycles. The van der Waals surface area contributed by atoms with Gasteiger partial charge < -0.3 is 4.90 Å². The van der Waals surface area contributed by atoms with Gasteiger partial charge >= 0.3 is 0 Å². The zero-order valence-corrected chi connectivity index (χ0v) is 8.82. The highest BCUT2D eigenvalue weighted by Gasteiger charge is 2.14. The number of hydrogen-bond donors (Lipinski definition) is 0. The Morgan fingerprint density at radius 3 is 2.29 bits per heavy atom.